The maximum absolute atomic E-state index is 12.6. The number of hydrogen-bond donors (Lipinski definition) is 0. The summed E-state index contributed by atoms with van der Waals surface area (Å²) in [7, 11) is 0. The fourth-order valence-electron chi connectivity index (χ4n) is 2.59. The first-order chi connectivity index (χ1) is 9.13. The van der Waals surface area contributed by atoms with E-state index in [4.69, 9.17) is 23.2 Å². The van der Waals surface area contributed by atoms with Gasteiger partial charge in [0.1, 0.15) is 0 Å². The molecule has 1 aromatic carbocycles. The lowest BCUT2D eigenvalue weighted by Gasteiger charge is -2.35. The van der Waals surface area contributed by atoms with Gasteiger partial charge in [-0.25, -0.2) is 0 Å². The summed E-state index contributed by atoms with van der Waals surface area (Å²) in [5, 5.41) is 0.650. The Bertz CT molecular complexity index is 459. The monoisotopic (exact) mass is 299 g/mol. The van der Waals surface area contributed by atoms with Gasteiger partial charge < -0.3 is 4.90 Å². The molecule has 1 aromatic rings. The van der Waals surface area contributed by atoms with Crippen molar-refractivity contribution >= 4 is 29.1 Å². The van der Waals surface area contributed by atoms with Gasteiger partial charge in [-0.15, -0.1) is 11.6 Å². The number of benzene rings is 1. The molecule has 104 valence electrons. The number of hydrogen-bond acceptors (Lipinski definition) is 1. The number of carbonyl (C=O) groups is 1. The number of halogens is 2. The predicted molar refractivity (Wildman–Crippen MR) is 80.2 cm³/mol. The van der Waals surface area contributed by atoms with Crippen molar-refractivity contribution in [1.29, 1.82) is 0 Å². The first kappa shape index (κ1) is 14.7. The lowest BCUT2D eigenvalue weighted by atomic mass is 9.98. The van der Waals surface area contributed by atoms with Gasteiger partial charge in [-0.05, 0) is 50.3 Å². The van der Waals surface area contributed by atoms with Crippen LogP contribution >= 0.6 is 23.2 Å². The Hall–Kier alpha value is -0.730. The molecule has 1 saturated heterocycles. The minimum Gasteiger partial charge on any atom is -0.336 e. The minimum absolute atomic E-state index is 0.0803. The largest absolute Gasteiger partial charge is 0.336 e. The molecule has 1 aliphatic rings. The molecule has 1 amide bonds. The number of likely N-dealkylation sites (tertiary alicyclic amines) is 1. The second-order valence-electron chi connectivity index (χ2n) is 5.09. The average molecular weight is 300 g/mol. The van der Waals surface area contributed by atoms with Gasteiger partial charge in [0.2, 0.25) is 0 Å². The van der Waals surface area contributed by atoms with E-state index in [0.717, 1.165) is 31.4 Å². The number of amides is 1. The molecule has 0 radical (unpaired) electrons. The first-order valence-electron chi connectivity index (χ1n) is 6.76. The lowest BCUT2D eigenvalue weighted by Crippen LogP contribution is -2.43. The molecule has 1 atom stereocenters. The summed E-state index contributed by atoms with van der Waals surface area (Å²) >= 11 is 11.9. The van der Waals surface area contributed by atoms with Gasteiger partial charge in [0.05, 0.1) is 0 Å². The smallest absolute Gasteiger partial charge is 0.254 e. The zero-order valence-electron chi connectivity index (χ0n) is 11.2. The summed E-state index contributed by atoms with van der Waals surface area (Å²) < 4.78 is 0. The summed E-state index contributed by atoms with van der Waals surface area (Å²) in [5.41, 5.74) is 1.67. The third kappa shape index (κ3) is 3.43. The second-order valence-corrected chi connectivity index (χ2v) is 5.87. The fourth-order valence-corrected chi connectivity index (χ4v) is 3.02. The van der Waals surface area contributed by atoms with Gasteiger partial charge in [-0.1, -0.05) is 17.7 Å². The number of alkyl halides is 1. The van der Waals surface area contributed by atoms with Crippen molar-refractivity contribution < 1.29 is 4.79 Å². The number of rotatable bonds is 3. The molecule has 1 aliphatic heterocycles. The number of piperidine rings is 1. The lowest BCUT2D eigenvalue weighted by molar-refractivity contribution is 0.0609. The van der Waals surface area contributed by atoms with E-state index >= 15 is 0 Å². The molecule has 0 saturated carbocycles. The molecule has 0 bridgehead atoms. The van der Waals surface area contributed by atoms with Crippen molar-refractivity contribution in [3.8, 4) is 0 Å². The number of carbonyl (C=O) groups excluding carboxylic acids is 1. The molecule has 2 rings (SSSR count). The Morgan fingerprint density at radius 3 is 2.89 bits per heavy atom. The maximum Gasteiger partial charge on any atom is 0.254 e. The van der Waals surface area contributed by atoms with Crippen LogP contribution in [0, 0.1) is 6.92 Å². The summed E-state index contributed by atoms with van der Waals surface area (Å²) in [6, 6.07) is 5.80. The molecule has 0 N–H and O–H groups in total. The highest BCUT2D eigenvalue weighted by molar-refractivity contribution is 6.31. The Labute approximate surface area is 124 Å². The van der Waals surface area contributed by atoms with Crippen molar-refractivity contribution in [1.82, 2.24) is 4.90 Å². The summed E-state index contributed by atoms with van der Waals surface area (Å²) in [6.45, 7) is 2.76. The van der Waals surface area contributed by atoms with E-state index in [1.807, 2.05) is 24.0 Å². The van der Waals surface area contributed by atoms with E-state index in [-0.39, 0.29) is 11.9 Å². The van der Waals surface area contributed by atoms with Crippen molar-refractivity contribution in [2.24, 2.45) is 0 Å². The van der Waals surface area contributed by atoms with Crippen LogP contribution in [0.25, 0.3) is 0 Å². The highest BCUT2D eigenvalue weighted by Gasteiger charge is 2.27. The van der Waals surface area contributed by atoms with Crippen LogP contribution in [0.15, 0.2) is 18.2 Å². The Morgan fingerprint density at radius 1 is 1.42 bits per heavy atom. The average Bonchev–Trinajstić information content (AvgIpc) is 2.42. The van der Waals surface area contributed by atoms with Crippen LogP contribution in [-0.4, -0.2) is 29.3 Å². The predicted octanol–water partition coefficient (Wildman–Crippen LogP) is 4.27. The molecule has 0 aromatic heterocycles. The van der Waals surface area contributed by atoms with E-state index in [0.29, 0.717) is 16.5 Å². The molecule has 0 spiro atoms. The minimum atomic E-state index is 0.0803. The molecule has 1 heterocycles. The zero-order chi connectivity index (χ0) is 13.8. The van der Waals surface area contributed by atoms with Crippen molar-refractivity contribution in [2.75, 3.05) is 12.4 Å². The van der Waals surface area contributed by atoms with E-state index in [9.17, 15) is 4.79 Å². The van der Waals surface area contributed by atoms with Gasteiger partial charge in [-0.2, -0.15) is 0 Å². The highest BCUT2D eigenvalue weighted by Crippen LogP contribution is 2.24. The molecule has 1 fully saturated rings. The summed E-state index contributed by atoms with van der Waals surface area (Å²) in [6.07, 6.45) is 4.18. The Balaban J connectivity index is 2.18. The second kappa shape index (κ2) is 6.62. The van der Waals surface area contributed by atoms with Crippen molar-refractivity contribution in [2.45, 2.75) is 38.6 Å². The van der Waals surface area contributed by atoms with Gasteiger partial charge in [0.15, 0.2) is 0 Å². The molecule has 1 unspecified atom stereocenters. The highest BCUT2D eigenvalue weighted by atomic mass is 35.5. The zero-order valence-corrected chi connectivity index (χ0v) is 12.7. The van der Waals surface area contributed by atoms with Crippen LogP contribution in [-0.2, 0) is 0 Å². The maximum atomic E-state index is 12.6. The van der Waals surface area contributed by atoms with Crippen LogP contribution in [0.2, 0.25) is 5.02 Å². The van der Waals surface area contributed by atoms with E-state index in [1.165, 1.54) is 6.42 Å². The normalized spacial score (nSPS) is 19.5. The van der Waals surface area contributed by atoms with Crippen LogP contribution in [0.4, 0.5) is 0 Å². The summed E-state index contributed by atoms with van der Waals surface area (Å²) in [5.74, 6) is 0.681. The van der Waals surface area contributed by atoms with Crippen LogP contribution in [0.5, 0.6) is 0 Å². The molecule has 4 heteroatoms. The van der Waals surface area contributed by atoms with Crippen LogP contribution < -0.4 is 0 Å². The van der Waals surface area contributed by atoms with Gasteiger partial charge in [0, 0.05) is 29.1 Å². The van der Waals surface area contributed by atoms with Crippen LogP contribution in [0.3, 0.4) is 0 Å². The molecular weight excluding hydrogens is 281 g/mol. The number of nitrogens with zero attached hydrogens (tertiary/aromatic N) is 1. The third-order valence-corrected chi connectivity index (χ3v) is 4.37. The fraction of sp³-hybridized carbons (Fsp3) is 0.533. The molecule has 19 heavy (non-hydrogen) atoms. The van der Waals surface area contributed by atoms with Gasteiger partial charge in [0.25, 0.3) is 5.91 Å². The topological polar surface area (TPSA) is 20.3 Å². The van der Waals surface area contributed by atoms with E-state index < -0.39 is 0 Å². The van der Waals surface area contributed by atoms with Crippen molar-refractivity contribution in [3.63, 3.8) is 0 Å². The van der Waals surface area contributed by atoms with Crippen LogP contribution in [0.1, 0.15) is 41.6 Å². The van der Waals surface area contributed by atoms with Gasteiger partial charge in [-0.3, -0.25) is 4.79 Å². The first-order valence-corrected chi connectivity index (χ1v) is 7.68. The Kier molecular flexibility index (Phi) is 5.12. The van der Waals surface area contributed by atoms with E-state index in [2.05, 4.69) is 0 Å². The standard InChI is InChI=1S/C15H19Cl2NO/c1-11-5-6-12(10-14(11)17)15(19)18-9-3-2-4-13(18)7-8-16/h5-6,10,13H,2-4,7-9H2,1H3. The SMILES string of the molecule is Cc1ccc(C(=O)N2CCCCC2CCCl)cc1Cl. The third-order valence-electron chi connectivity index (χ3n) is 3.75. The Morgan fingerprint density at radius 2 is 2.21 bits per heavy atom. The van der Waals surface area contributed by atoms with Crippen molar-refractivity contribution in [3.05, 3.63) is 34.3 Å². The molecular formula is C15H19Cl2NO. The molecule has 0 aliphatic carbocycles. The summed E-state index contributed by atoms with van der Waals surface area (Å²) in [4.78, 5) is 14.5. The quantitative estimate of drug-likeness (QED) is 0.763. The number of aryl methyl sites for hydroxylation is 1. The van der Waals surface area contributed by atoms with E-state index in [1.54, 1.807) is 6.07 Å². The van der Waals surface area contributed by atoms with Gasteiger partial charge >= 0.3 is 0 Å². The molecule has 2 nitrogen and oxygen atoms in total.